The monoisotopic (exact) mass is 493 g/mol. The highest BCUT2D eigenvalue weighted by molar-refractivity contribution is 7.89. The van der Waals surface area contributed by atoms with Crippen LogP contribution in [0.1, 0.15) is 39.2 Å². The number of rotatable bonds is 6. The number of amides is 2. The van der Waals surface area contributed by atoms with Crippen molar-refractivity contribution in [3.05, 3.63) is 58.1 Å². The summed E-state index contributed by atoms with van der Waals surface area (Å²) in [6, 6.07) is 10.7. The van der Waals surface area contributed by atoms with Gasteiger partial charge in [-0.05, 0) is 62.7 Å². The van der Waals surface area contributed by atoms with E-state index in [1.165, 1.54) is 42.5 Å². The standard InChI is InChI=1S/C22H21Cl2N3O4S/c1-4-22(2,3)27(32(30,31)19-11-15(23)7-10-17(19)24)18-12-20(28)26(21(18)29)16-8-5-14(13-25)6-9-16/h5-11,18H,4,12H2,1-3H3. The molecule has 2 aromatic rings. The predicted octanol–water partition coefficient (Wildman–Crippen LogP) is 4.38. The van der Waals surface area contributed by atoms with Crippen molar-refractivity contribution in [2.75, 3.05) is 4.90 Å². The molecule has 2 aromatic carbocycles. The summed E-state index contributed by atoms with van der Waals surface area (Å²) in [7, 11) is -4.31. The van der Waals surface area contributed by atoms with Crippen LogP contribution >= 0.6 is 23.2 Å². The Hall–Kier alpha value is -2.44. The number of carbonyl (C=O) groups excluding carboxylic acids is 2. The molecule has 1 saturated heterocycles. The predicted molar refractivity (Wildman–Crippen MR) is 122 cm³/mol. The van der Waals surface area contributed by atoms with Crippen LogP contribution in [-0.4, -0.2) is 36.1 Å². The number of carbonyl (C=O) groups is 2. The molecule has 0 aromatic heterocycles. The largest absolute Gasteiger partial charge is 0.274 e. The van der Waals surface area contributed by atoms with Crippen molar-refractivity contribution in [3.63, 3.8) is 0 Å². The lowest BCUT2D eigenvalue weighted by atomic mass is 10.00. The maximum atomic E-state index is 13.7. The van der Waals surface area contributed by atoms with Crippen molar-refractivity contribution in [3.8, 4) is 6.07 Å². The first-order valence-corrected chi connectivity index (χ1v) is 12.0. The molecular weight excluding hydrogens is 473 g/mol. The van der Waals surface area contributed by atoms with Crippen molar-refractivity contribution >= 4 is 50.7 Å². The summed E-state index contributed by atoms with van der Waals surface area (Å²) in [6.07, 6.45) is 0.0545. The molecule has 0 N–H and O–H groups in total. The molecule has 168 valence electrons. The van der Waals surface area contributed by atoms with Gasteiger partial charge in [0.25, 0.3) is 5.91 Å². The molecule has 1 unspecified atom stereocenters. The van der Waals surface area contributed by atoms with E-state index in [0.29, 0.717) is 12.0 Å². The number of hydrogen-bond acceptors (Lipinski definition) is 5. The van der Waals surface area contributed by atoms with E-state index in [-0.39, 0.29) is 27.0 Å². The number of imide groups is 1. The average Bonchev–Trinajstić information content (AvgIpc) is 3.02. The molecule has 0 radical (unpaired) electrons. The summed E-state index contributed by atoms with van der Waals surface area (Å²) in [4.78, 5) is 26.9. The van der Waals surface area contributed by atoms with Crippen LogP contribution in [0.3, 0.4) is 0 Å². The Balaban J connectivity index is 2.11. The summed E-state index contributed by atoms with van der Waals surface area (Å²) in [5.74, 6) is -1.20. The van der Waals surface area contributed by atoms with Crippen molar-refractivity contribution in [1.29, 1.82) is 5.26 Å². The Morgan fingerprint density at radius 2 is 1.78 bits per heavy atom. The van der Waals surface area contributed by atoms with Crippen LogP contribution in [0.25, 0.3) is 0 Å². The molecular formula is C22H21Cl2N3O4S. The van der Waals surface area contributed by atoms with Crippen molar-refractivity contribution < 1.29 is 18.0 Å². The summed E-state index contributed by atoms with van der Waals surface area (Å²) in [5.41, 5.74) is -0.364. The summed E-state index contributed by atoms with van der Waals surface area (Å²) in [5, 5.41) is 9.12. The first-order chi connectivity index (χ1) is 14.9. The fourth-order valence-electron chi connectivity index (χ4n) is 3.61. The number of sulfonamides is 1. The Bertz CT molecular complexity index is 1220. The zero-order chi connectivity index (χ0) is 23.8. The first kappa shape index (κ1) is 24.2. The van der Waals surface area contributed by atoms with Crippen LogP contribution in [0.2, 0.25) is 10.0 Å². The highest BCUT2D eigenvalue weighted by atomic mass is 35.5. The van der Waals surface area contributed by atoms with Crippen molar-refractivity contribution in [2.45, 2.75) is 50.1 Å². The topological polar surface area (TPSA) is 98.5 Å². The minimum absolute atomic E-state index is 0.0352. The van der Waals surface area contributed by atoms with Gasteiger partial charge in [-0.3, -0.25) is 9.59 Å². The van der Waals surface area contributed by atoms with Gasteiger partial charge in [-0.1, -0.05) is 30.1 Å². The summed E-state index contributed by atoms with van der Waals surface area (Å²) >= 11 is 12.2. The first-order valence-electron chi connectivity index (χ1n) is 9.80. The maximum Gasteiger partial charge on any atom is 0.252 e. The number of halogens is 2. The molecule has 0 saturated carbocycles. The van der Waals surface area contributed by atoms with Gasteiger partial charge in [0.05, 0.1) is 28.8 Å². The fourth-order valence-corrected chi connectivity index (χ4v) is 6.34. The molecule has 3 rings (SSSR count). The molecule has 0 aliphatic carbocycles. The Morgan fingerprint density at radius 3 is 2.34 bits per heavy atom. The van der Waals surface area contributed by atoms with Gasteiger partial charge in [0.1, 0.15) is 10.9 Å². The van der Waals surface area contributed by atoms with E-state index in [0.717, 1.165) is 9.21 Å². The van der Waals surface area contributed by atoms with Gasteiger partial charge in [-0.2, -0.15) is 9.57 Å². The van der Waals surface area contributed by atoms with Gasteiger partial charge < -0.3 is 0 Å². The Kier molecular flexibility index (Phi) is 6.68. The highest BCUT2D eigenvalue weighted by Crippen LogP contribution is 2.38. The number of nitrogens with zero attached hydrogens (tertiary/aromatic N) is 3. The molecule has 1 aliphatic rings. The van der Waals surface area contributed by atoms with Crippen LogP contribution in [0.4, 0.5) is 5.69 Å². The molecule has 2 amide bonds. The lowest BCUT2D eigenvalue weighted by molar-refractivity contribution is -0.122. The zero-order valence-electron chi connectivity index (χ0n) is 17.7. The molecule has 1 aliphatic heterocycles. The van der Waals surface area contributed by atoms with E-state index in [1.807, 2.05) is 6.07 Å². The van der Waals surface area contributed by atoms with Crippen LogP contribution in [-0.2, 0) is 19.6 Å². The van der Waals surface area contributed by atoms with Gasteiger partial charge >= 0.3 is 0 Å². The Morgan fingerprint density at radius 1 is 1.16 bits per heavy atom. The van der Waals surface area contributed by atoms with E-state index in [4.69, 9.17) is 28.5 Å². The van der Waals surface area contributed by atoms with Crippen molar-refractivity contribution in [1.82, 2.24) is 4.31 Å². The van der Waals surface area contributed by atoms with E-state index >= 15 is 0 Å². The van der Waals surface area contributed by atoms with Gasteiger partial charge in [-0.15, -0.1) is 0 Å². The van der Waals surface area contributed by atoms with E-state index in [1.54, 1.807) is 20.8 Å². The minimum atomic E-state index is -4.31. The van der Waals surface area contributed by atoms with Gasteiger partial charge in [0.15, 0.2) is 0 Å². The number of benzene rings is 2. The third-order valence-electron chi connectivity index (χ3n) is 5.55. The minimum Gasteiger partial charge on any atom is -0.274 e. The van der Waals surface area contributed by atoms with Crippen LogP contribution in [0.5, 0.6) is 0 Å². The number of nitriles is 1. The van der Waals surface area contributed by atoms with Crippen LogP contribution in [0.15, 0.2) is 47.4 Å². The van der Waals surface area contributed by atoms with Gasteiger partial charge in [0, 0.05) is 10.6 Å². The second-order valence-corrected chi connectivity index (χ2v) is 10.6. The average molecular weight is 494 g/mol. The molecule has 0 spiro atoms. The molecule has 0 bridgehead atoms. The second-order valence-electron chi connectivity index (χ2n) is 7.99. The number of anilines is 1. The van der Waals surface area contributed by atoms with Crippen molar-refractivity contribution in [2.24, 2.45) is 0 Å². The third-order valence-corrected chi connectivity index (χ3v) is 8.39. The molecule has 10 heteroatoms. The summed E-state index contributed by atoms with van der Waals surface area (Å²) in [6.45, 7) is 5.16. The Labute approximate surface area is 197 Å². The van der Waals surface area contributed by atoms with Crippen LogP contribution in [0, 0.1) is 11.3 Å². The second kappa shape index (κ2) is 8.83. The third kappa shape index (κ3) is 4.26. The molecule has 7 nitrogen and oxygen atoms in total. The van der Waals surface area contributed by atoms with Crippen LogP contribution < -0.4 is 4.90 Å². The smallest absolute Gasteiger partial charge is 0.252 e. The molecule has 1 fully saturated rings. The normalized spacial score (nSPS) is 17.2. The molecule has 1 atom stereocenters. The number of hydrogen-bond donors (Lipinski definition) is 0. The maximum absolute atomic E-state index is 13.7. The molecule has 1 heterocycles. The zero-order valence-corrected chi connectivity index (χ0v) is 20.0. The molecule has 32 heavy (non-hydrogen) atoms. The fraction of sp³-hybridized carbons (Fsp3) is 0.318. The quantitative estimate of drug-likeness (QED) is 0.556. The lowest BCUT2D eigenvalue weighted by Gasteiger charge is -2.39. The van der Waals surface area contributed by atoms with Gasteiger partial charge in [-0.25, -0.2) is 13.3 Å². The van der Waals surface area contributed by atoms with E-state index in [9.17, 15) is 18.0 Å². The highest BCUT2D eigenvalue weighted by Gasteiger charge is 2.51. The lowest BCUT2D eigenvalue weighted by Crippen LogP contribution is -2.55. The van der Waals surface area contributed by atoms with E-state index < -0.39 is 33.4 Å². The summed E-state index contributed by atoms with van der Waals surface area (Å²) < 4.78 is 28.6. The van der Waals surface area contributed by atoms with E-state index in [2.05, 4.69) is 0 Å². The SMILES string of the molecule is CCC(C)(C)N(C1CC(=O)N(c2ccc(C#N)cc2)C1=O)S(=O)(=O)c1cc(Cl)ccc1Cl. The van der Waals surface area contributed by atoms with Gasteiger partial charge in [0.2, 0.25) is 15.9 Å².